The second-order valence-corrected chi connectivity index (χ2v) is 3.71. The lowest BCUT2D eigenvalue weighted by atomic mass is 10.2. The highest BCUT2D eigenvalue weighted by atomic mass is 16.6. The van der Waals surface area contributed by atoms with E-state index in [0.29, 0.717) is 18.7 Å². The predicted octanol–water partition coefficient (Wildman–Crippen LogP) is 2.98. The standard InChI is InChI=1S/C12H16N2O3/c1-9(2)7-8-17-11-6-4-5-10(13-3)12(11)14(15)16/h4-6,13H,1,7-8H2,2-3H3. The SMILES string of the molecule is C=C(C)CCOc1cccc(NC)c1[N+](=O)[O-]. The quantitative estimate of drug-likeness (QED) is 0.468. The van der Waals surface area contributed by atoms with Crippen molar-refractivity contribution in [1.29, 1.82) is 0 Å². The number of para-hydroxylation sites is 1. The maximum absolute atomic E-state index is 11.0. The van der Waals surface area contributed by atoms with Gasteiger partial charge < -0.3 is 10.1 Å². The van der Waals surface area contributed by atoms with Crippen LogP contribution in [-0.4, -0.2) is 18.6 Å². The highest BCUT2D eigenvalue weighted by Crippen LogP contribution is 2.34. The van der Waals surface area contributed by atoms with Crippen molar-refractivity contribution >= 4 is 11.4 Å². The molecule has 0 aliphatic rings. The molecule has 0 fully saturated rings. The Bertz CT molecular complexity index is 430. The lowest BCUT2D eigenvalue weighted by Crippen LogP contribution is -2.03. The Labute approximate surface area is 100 Å². The van der Waals surface area contributed by atoms with Gasteiger partial charge in [-0.2, -0.15) is 0 Å². The highest BCUT2D eigenvalue weighted by molar-refractivity contribution is 5.68. The molecule has 1 N–H and O–H groups in total. The minimum absolute atomic E-state index is 0.0308. The third-order valence-electron chi connectivity index (χ3n) is 2.24. The molecule has 92 valence electrons. The Kier molecular flexibility index (Phi) is 4.51. The molecule has 0 aliphatic heterocycles. The average Bonchev–Trinajstić information content (AvgIpc) is 2.27. The number of hydrogen-bond acceptors (Lipinski definition) is 4. The van der Waals surface area contributed by atoms with Gasteiger partial charge in [-0.25, -0.2) is 0 Å². The molecule has 0 heterocycles. The lowest BCUT2D eigenvalue weighted by molar-refractivity contribution is -0.384. The Morgan fingerprint density at radius 1 is 1.59 bits per heavy atom. The molecule has 0 bridgehead atoms. The van der Waals surface area contributed by atoms with Gasteiger partial charge in [0.25, 0.3) is 0 Å². The molecule has 5 nitrogen and oxygen atoms in total. The summed E-state index contributed by atoms with van der Waals surface area (Å²) in [6, 6.07) is 4.95. The van der Waals surface area contributed by atoms with Crippen LogP contribution in [0.15, 0.2) is 30.4 Å². The van der Waals surface area contributed by atoms with Crippen molar-refractivity contribution in [3.05, 3.63) is 40.5 Å². The van der Waals surface area contributed by atoms with E-state index in [1.807, 2.05) is 6.92 Å². The van der Waals surface area contributed by atoms with Crippen LogP contribution in [0.4, 0.5) is 11.4 Å². The van der Waals surface area contributed by atoms with Gasteiger partial charge in [0.05, 0.1) is 11.5 Å². The Morgan fingerprint density at radius 2 is 2.29 bits per heavy atom. The second kappa shape index (κ2) is 5.89. The highest BCUT2D eigenvalue weighted by Gasteiger charge is 2.19. The summed E-state index contributed by atoms with van der Waals surface area (Å²) in [5.41, 5.74) is 1.40. The van der Waals surface area contributed by atoms with Gasteiger partial charge in [0.1, 0.15) is 5.69 Å². The molecular formula is C12H16N2O3. The normalized spacial score (nSPS) is 9.76. The average molecular weight is 236 g/mol. The zero-order chi connectivity index (χ0) is 12.8. The smallest absolute Gasteiger partial charge is 0.333 e. The summed E-state index contributed by atoms with van der Waals surface area (Å²) in [4.78, 5) is 10.5. The minimum Gasteiger partial charge on any atom is -0.486 e. The molecule has 0 saturated heterocycles. The van der Waals surface area contributed by atoms with E-state index in [0.717, 1.165) is 5.57 Å². The first-order valence-corrected chi connectivity index (χ1v) is 5.28. The van der Waals surface area contributed by atoms with Crippen LogP contribution in [0.25, 0.3) is 0 Å². The van der Waals surface area contributed by atoms with Gasteiger partial charge in [0.15, 0.2) is 5.75 Å². The molecule has 0 unspecified atom stereocenters. The number of anilines is 1. The predicted molar refractivity (Wildman–Crippen MR) is 67.6 cm³/mol. The van der Waals surface area contributed by atoms with E-state index in [2.05, 4.69) is 11.9 Å². The summed E-state index contributed by atoms with van der Waals surface area (Å²) < 4.78 is 5.41. The van der Waals surface area contributed by atoms with Crippen molar-refractivity contribution < 1.29 is 9.66 Å². The topological polar surface area (TPSA) is 64.4 Å². The fraction of sp³-hybridized carbons (Fsp3) is 0.333. The summed E-state index contributed by atoms with van der Waals surface area (Å²) in [5, 5.41) is 13.7. The first-order chi connectivity index (χ1) is 8.06. The maximum atomic E-state index is 11.0. The van der Waals surface area contributed by atoms with E-state index >= 15 is 0 Å². The fourth-order valence-electron chi connectivity index (χ4n) is 1.36. The number of nitro benzene ring substituents is 1. The van der Waals surface area contributed by atoms with E-state index < -0.39 is 4.92 Å². The second-order valence-electron chi connectivity index (χ2n) is 3.71. The van der Waals surface area contributed by atoms with Crippen LogP contribution in [0.3, 0.4) is 0 Å². The molecule has 0 spiro atoms. The van der Waals surface area contributed by atoms with Gasteiger partial charge in [0, 0.05) is 13.5 Å². The summed E-state index contributed by atoms with van der Waals surface area (Å²) in [7, 11) is 1.64. The van der Waals surface area contributed by atoms with E-state index in [1.165, 1.54) is 0 Å². The zero-order valence-electron chi connectivity index (χ0n) is 10.0. The van der Waals surface area contributed by atoms with Crippen molar-refractivity contribution in [3.8, 4) is 5.75 Å². The number of hydrogen-bond donors (Lipinski definition) is 1. The van der Waals surface area contributed by atoms with Gasteiger partial charge in [-0.3, -0.25) is 10.1 Å². The Hall–Kier alpha value is -2.04. The molecule has 0 aromatic heterocycles. The molecule has 0 amide bonds. The number of rotatable bonds is 6. The molecule has 1 aromatic rings. The van der Waals surface area contributed by atoms with Crippen molar-refractivity contribution in [2.24, 2.45) is 0 Å². The largest absolute Gasteiger partial charge is 0.486 e. The summed E-state index contributed by atoms with van der Waals surface area (Å²) in [6.45, 7) is 6.03. The molecular weight excluding hydrogens is 220 g/mol. The van der Waals surface area contributed by atoms with Crippen LogP contribution < -0.4 is 10.1 Å². The number of ether oxygens (including phenoxy) is 1. The van der Waals surface area contributed by atoms with Crippen LogP contribution >= 0.6 is 0 Å². The van der Waals surface area contributed by atoms with Crippen LogP contribution in [0.5, 0.6) is 5.75 Å². The van der Waals surface area contributed by atoms with Crippen molar-refractivity contribution in [2.75, 3.05) is 19.0 Å². The molecule has 0 radical (unpaired) electrons. The monoisotopic (exact) mass is 236 g/mol. The molecule has 17 heavy (non-hydrogen) atoms. The van der Waals surface area contributed by atoms with E-state index in [1.54, 1.807) is 25.2 Å². The van der Waals surface area contributed by atoms with Crippen LogP contribution in [-0.2, 0) is 0 Å². The third-order valence-corrected chi connectivity index (χ3v) is 2.24. The molecule has 0 atom stereocenters. The number of nitrogens with one attached hydrogen (secondary N) is 1. The van der Waals surface area contributed by atoms with Gasteiger partial charge >= 0.3 is 5.69 Å². The minimum atomic E-state index is -0.443. The van der Waals surface area contributed by atoms with Crippen molar-refractivity contribution in [3.63, 3.8) is 0 Å². The van der Waals surface area contributed by atoms with Gasteiger partial charge in [-0.05, 0) is 19.1 Å². The first kappa shape index (κ1) is 13.0. The number of nitrogens with zero attached hydrogens (tertiary/aromatic N) is 1. The van der Waals surface area contributed by atoms with Gasteiger partial charge in [-0.15, -0.1) is 6.58 Å². The van der Waals surface area contributed by atoms with E-state index in [9.17, 15) is 10.1 Å². The Balaban J connectivity index is 2.90. The number of benzene rings is 1. The summed E-state index contributed by atoms with van der Waals surface area (Å²) in [6.07, 6.45) is 0.681. The van der Waals surface area contributed by atoms with Crippen molar-refractivity contribution in [2.45, 2.75) is 13.3 Å². The lowest BCUT2D eigenvalue weighted by Gasteiger charge is -2.09. The van der Waals surface area contributed by atoms with Crippen LogP contribution in [0, 0.1) is 10.1 Å². The van der Waals surface area contributed by atoms with Gasteiger partial charge in [-0.1, -0.05) is 11.6 Å². The Morgan fingerprint density at radius 3 is 2.82 bits per heavy atom. The molecule has 0 aliphatic carbocycles. The number of nitro groups is 1. The molecule has 5 heteroatoms. The summed E-state index contributed by atoms with van der Waals surface area (Å²) >= 11 is 0. The molecule has 0 saturated carbocycles. The fourth-order valence-corrected chi connectivity index (χ4v) is 1.36. The van der Waals surface area contributed by atoms with Crippen LogP contribution in [0.1, 0.15) is 13.3 Å². The van der Waals surface area contributed by atoms with Crippen LogP contribution in [0.2, 0.25) is 0 Å². The van der Waals surface area contributed by atoms with Crippen molar-refractivity contribution in [1.82, 2.24) is 0 Å². The van der Waals surface area contributed by atoms with E-state index in [4.69, 9.17) is 4.74 Å². The molecule has 1 rings (SSSR count). The first-order valence-electron chi connectivity index (χ1n) is 5.28. The van der Waals surface area contributed by atoms with E-state index in [-0.39, 0.29) is 11.4 Å². The summed E-state index contributed by atoms with van der Waals surface area (Å²) in [5.74, 6) is 0.281. The third kappa shape index (κ3) is 3.48. The molecule has 1 aromatic carbocycles. The maximum Gasteiger partial charge on any atom is 0.333 e. The zero-order valence-corrected chi connectivity index (χ0v) is 10.0. The van der Waals surface area contributed by atoms with Gasteiger partial charge in [0.2, 0.25) is 0 Å².